The lowest BCUT2D eigenvalue weighted by molar-refractivity contribution is 0.138. The van der Waals surface area contributed by atoms with Crippen LogP contribution in [0.3, 0.4) is 0 Å². The molecule has 1 aliphatic rings. The molecule has 1 aromatic carbocycles. The van der Waals surface area contributed by atoms with Gasteiger partial charge >= 0.3 is 0 Å². The van der Waals surface area contributed by atoms with E-state index in [4.69, 9.17) is 4.74 Å². The third-order valence-electron chi connectivity index (χ3n) is 4.23. The Hall–Kier alpha value is -0.860. The molecule has 1 N–H and O–H groups in total. The second-order valence-corrected chi connectivity index (χ2v) is 6.86. The van der Waals surface area contributed by atoms with Crippen molar-refractivity contribution in [3.63, 3.8) is 0 Å². The maximum absolute atomic E-state index is 5.77. The summed E-state index contributed by atoms with van der Waals surface area (Å²) in [6.45, 7) is 11.7. The highest BCUT2D eigenvalue weighted by Gasteiger charge is 2.19. The fourth-order valence-electron chi connectivity index (χ4n) is 2.64. The molecule has 1 aromatic rings. The lowest BCUT2D eigenvalue weighted by Gasteiger charge is -2.16. The van der Waals surface area contributed by atoms with Crippen LogP contribution in [0.2, 0.25) is 0 Å². The van der Waals surface area contributed by atoms with Gasteiger partial charge in [0.2, 0.25) is 0 Å². The number of hydrogen-bond acceptors (Lipinski definition) is 2. The second kappa shape index (κ2) is 7.95. The molecule has 0 saturated heterocycles. The van der Waals surface area contributed by atoms with E-state index in [1.54, 1.807) is 0 Å². The van der Waals surface area contributed by atoms with Crippen LogP contribution >= 0.6 is 0 Å². The van der Waals surface area contributed by atoms with Crippen LogP contribution in [0.25, 0.3) is 0 Å². The van der Waals surface area contributed by atoms with Crippen molar-refractivity contribution >= 4 is 0 Å². The fourth-order valence-corrected chi connectivity index (χ4v) is 2.64. The van der Waals surface area contributed by atoms with Crippen molar-refractivity contribution in [3.8, 4) is 0 Å². The zero-order valence-corrected chi connectivity index (χ0v) is 14.1. The van der Waals surface area contributed by atoms with Gasteiger partial charge in [-0.25, -0.2) is 0 Å². The Balaban J connectivity index is 1.80. The molecular formula is C19H31NO. The zero-order valence-electron chi connectivity index (χ0n) is 14.1. The van der Waals surface area contributed by atoms with Crippen molar-refractivity contribution in [2.45, 2.75) is 64.8 Å². The molecule has 0 atom stereocenters. The Kier molecular flexibility index (Phi) is 6.25. The summed E-state index contributed by atoms with van der Waals surface area (Å²) in [5.41, 5.74) is 4.38. The summed E-state index contributed by atoms with van der Waals surface area (Å²) in [5.74, 6) is 1.18. The molecule has 0 radical (unpaired) electrons. The molecule has 0 bridgehead atoms. The van der Waals surface area contributed by atoms with Gasteiger partial charge in [0.05, 0.1) is 13.2 Å². The summed E-state index contributed by atoms with van der Waals surface area (Å²) in [5, 5.41) is 3.48. The largest absolute Gasteiger partial charge is 0.380 e. The first-order valence-corrected chi connectivity index (χ1v) is 8.51. The molecule has 2 heteroatoms. The highest BCUT2D eigenvalue weighted by atomic mass is 16.5. The summed E-state index contributed by atoms with van der Waals surface area (Å²) < 4.78 is 5.77. The Morgan fingerprint density at radius 1 is 1.10 bits per heavy atom. The van der Waals surface area contributed by atoms with E-state index in [1.165, 1.54) is 29.5 Å². The van der Waals surface area contributed by atoms with Gasteiger partial charge in [0.1, 0.15) is 0 Å². The van der Waals surface area contributed by atoms with Crippen molar-refractivity contribution in [1.29, 1.82) is 0 Å². The van der Waals surface area contributed by atoms with E-state index in [0.717, 1.165) is 32.2 Å². The molecule has 1 fully saturated rings. The maximum Gasteiger partial charge on any atom is 0.0591 e. The van der Waals surface area contributed by atoms with Crippen LogP contribution in [0.5, 0.6) is 0 Å². The van der Waals surface area contributed by atoms with Gasteiger partial charge < -0.3 is 10.1 Å². The average Bonchev–Trinajstić information content (AvgIpc) is 3.26. The number of nitrogens with one attached hydrogen (secondary N) is 1. The Morgan fingerprint density at radius 2 is 1.86 bits per heavy atom. The van der Waals surface area contributed by atoms with Crippen LogP contribution in [-0.4, -0.2) is 25.8 Å². The van der Waals surface area contributed by atoms with Gasteiger partial charge in [-0.1, -0.05) is 45.9 Å². The predicted molar refractivity (Wildman–Crippen MR) is 90.2 cm³/mol. The number of benzene rings is 1. The zero-order chi connectivity index (χ0) is 15.2. The lowest BCUT2D eigenvalue weighted by Crippen LogP contribution is -2.22. The molecule has 21 heavy (non-hydrogen) atoms. The third kappa shape index (κ3) is 5.44. The minimum atomic E-state index is 0.579. The molecule has 0 aliphatic heterocycles. The summed E-state index contributed by atoms with van der Waals surface area (Å²) in [7, 11) is 0. The van der Waals surface area contributed by atoms with Gasteiger partial charge in [0.25, 0.3) is 0 Å². The topological polar surface area (TPSA) is 21.3 Å². The van der Waals surface area contributed by atoms with E-state index in [9.17, 15) is 0 Å². The highest BCUT2D eigenvalue weighted by Crippen LogP contribution is 2.25. The van der Waals surface area contributed by atoms with E-state index in [0.29, 0.717) is 11.8 Å². The molecule has 2 nitrogen and oxygen atoms in total. The van der Waals surface area contributed by atoms with E-state index in [1.807, 2.05) is 0 Å². The monoisotopic (exact) mass is 289 g/mol. The molecule has 118 valence electrons. The summed E-state index contributed by atoms with van der Waals surface area (Å²) in [6.07, 6.45) is 3.72. The second-order valence-electron chi connectivity index (χ2n) is 6.86. The van der Waals surface area contributed by atoms with Gasteiger partial charge in [-0.2, -0.15) is 0 Å². The number of rotatable bonds is 9. The van der Waals surface area contributed by atoms with E-state index in [-0.39, 0.29) is 0 Å². The molecule has 2 rings (SSSR count). The molecular weight excluding hydrogens is 258 g/mol. The van der Waals surface area contributed by atoms with Crippen LogP contribution in [0.1, 0.15) is 69.1 Å². The van der Waals surface area contributed by atoms with Crippen LogP contribution in [0.4, 0.5) is 0 Å². The molecule has 1 saturated carbocycles. The van der Waals surface area contributed by atoms with Crippen molar-refractivity contribution in [2.75, 3.05) is 19.8 Å². The molecule has 0 heterocycles. The molecule has 0 unspecified atom stereocenters. The van der Waals surface area contributed by atoms with Crippen LogP contribution < -0.4 is 5.32 Å². The summed E-state index contributed by atoms with van der Waals surface area (Å²) in [6, 6.07) is 7.75. The summed E-state index contributed by atoms with van der Waals surface area (Å²) in [4.78, 5) is 0. The first-order chi connectivity index (χ1) is 10.1. The van der Waals surface area contributed by atoms with Crippen LogP contribution in [0.15, 0.2) is 18.2 Å². The van der Waals surface area contributed by atoms with Gasteiger partial charge in [-0.15, -0.1) is 0 Å². The van der Waals surface area contributed by atoms with Crippen molar-refractivity contribution in [2.24, 2.45) is 0 Å². The van der Waals surface area contributed by atoms with Crippen molar-refractivity contribution in [3.05, 3.63) is 34.9 Å². The Bertz CT molecular complexity index is 435. The number of ether oxygens (including phenoxy) is 1. The van der Waals surface area contributed by atoms with Crippen LogP contribution in [0, 0.1) is 0 Å². The van der Waals surface area contributed by atoms with E-state index >= 15 is 0 Å². The van der Waals surface area contributed by atoms with Gasteiger partial charge in [0.15, 0.2) is 0 Å². The van der Waals surface area contributed by atoms with E-state index in [2.05, 4.69) is 51.2 Å². The predicted octanol–water partition coefficient (Wildman–Crippen LogP) is 4.24. The normalized spacial score (nSPS) is 15.1. The minimum absolute atomic E-state index is 0.579. The summed E-state index contributed by atoms with van der Waals surface area (Å²) >= 11 is 0. The van der Waals surface area contributed by atoms with Crippen LogP contribution in [-0.2, 0) is 11.2 Å². The fraction of sp³-hybridized carbons (Fsp3) is 0.684. The standard InChI is InChI=1S/C19H31NO/c1-14(2)17-6-5-16(19(13-17)15(3)4)9-11-21-12-10-20-18-7-8-18/h5-6,13-15,18,20H,7-12H2,1-4H3. The molecule has 0 amide bonds. The molecule has 1 aliphatic carbocycles. The molecule has 0 aromatic heterocycles. The first kappa shape index (κ1) is 16.5. The Morgan fingerprint density at radius 3 is 2.48 bits per heavy atom. The maximum atomic E-state index is 5.77. The number of hydrogen-bond donors (Lipinski definition) is 1. The lowest BCUT2D eigenvalue weighted by atomic mass is 9.90. The van der Waals surface area contributed by atoms with Crippen molar-refractivity contribution in [1.82, 2.24) is 5.32 Å². The molecule has 0 spiro atoms. The SMILES string of the molecule is CC(C)c1ccc(CCOCCNC2CC2)c(C(C)C)c1. The first-order valence-electron chi connectivity index (χ1n) is 8.51. The van der Waals surface area contributed by atoms with E-state index < -0.39 is 0 Å². The van der Waals surface area contributed by atoms with Crippen molar-refractivity contribution < 1.29 is 4.74 Å². The van der Waals surface area contributed by atoms with Gasteiger partial charge in [-0.05, 0) is 47.8 Å². The highest BCUT2D eigenvalue weighted by molar-refractivity contribution is 5.35. The Labute approximate surface area is 130 Å². The average molecular weight is 289 g/mol. The minimum Gasteiger partial charge on any atom is -0.380 e. The van der Waals surface area contributed by atoms with Gasteiger partial charge in [-0.3, -0.25) is 0 Å². The van der Waals surface area contributed by atoms with Gasteiger partial charge in [0, 0.05) is 12.6 Å². The smallest absolute Gasteiger partial charge is 0.0591 e. The quantitative estimate of drug-likeness (QED) is 0.686. The third-order valence-corrected chi connectivity index (χ3v) is 4.23.